The van der Waals surface area contributed by atoms with E-state index in [1.807, 2.05) is 0 Å². The van der Waals surface area contributed by atoms with Gasteiger partial charge >= 0.3 is 0 Å². The van der Waals surface area contributed by atoms with Crippen molar-refractivity contribution in [2.75, 3.05) is 19.6 Å². The zero-order valence-electron chi connectivity index (χ0n) is 13.7. The minimum Gasteiger partial charge on any atom is -0.357 e. The molecule has 1 aliphatic carbocycles. The van der Waals surface area contributed by atoms with Crippen molar-refractivity contribution in [2.45, 2.75) is 52.4 Å². The van der Waals surface area contributed by atoms with Crippen LogP contribution in [-0.2, 0) is 11.8 Å². The van der Waals surface area contributed by atoms with Gasteiger partial charge in [-0.05, 0) is 25.7 Å². The van der Waals surface area contributed by atoms with Gasteiger partial charge in [0.25, 0.3) is 0 Å². The van der Waals surface area contributed by atoms with Crippen LogP contribution in [0.3, 0.4) is 0 Å². The molecule has 0 aliphatic heterocycles. The van der Waals surface area contributed by atoms with Crippen LogP contribution in [0.1, 0.15) is 51.2 Å². The predicted molar refractivity (Wildman–Crippen MR) is 91.2 cm³/mol. The fourth-order valence-corrected chi connectivity index (χ4v) is 2.95. The molecule has 0 atom stereocenters. The molecule has 118 valence electrons. The number of guanidine groups is 1. The summed E-state index contributed by atoms with van der Waals surface area (Å²) in [6.07, 6.45) is 3.64. The first kappa shape index (κ1) is 16.3. The molecule has 1 fully saturated rings. The van der Waals surface area contributed by atoms with E-state index in [4.69, 9.17) is 4.98 Å². The van der Waals surface area contributed by atoms with Crippen LogP contribution in [0, 0.1) is 5.92 Å². The number of hydrogen-bond acceptors (Lipinski definition) is 3. The Morgan fingerprint density at radius 1 is 1.38 bits per heavy atom. The van der Waals surface area contributed by atoms with E-state index in [1.165, 1.54) is 23.5 Å². The van der Waals surface area contributed by atoms with Gasteiger partial charge in [-0.2, -0.15) is 0 Å². The topological polar surface area (TPSA) is 49.3 Å². The second kappa shape index (κ2) is 7.25. The molecule has 1 aromatic heterocycles. The second-order valence-electron chi connectivity index (χ2n) is 6.72. The molecule has 21 heavy (non-hydrogen) atoms. The summed E-state index contributed by atoms with van der Waals surface area (Å²) in [6, 6.07) is 0. The molecule has 0 saturated heterocycles. The molecule has 0 aromatic carbocycles. The lowest BCUT2D eigenvalue weighted by Crippen LogP contribution is -2.38. The maximum Gasteiger partial charge on any atom is 0.191 e. The average Bonchev–Trinajstić information content (AvgIpc) is 3.11. The van der Waals surface area contributed by atoms with Crippen molar-refractivity contribution in [3.05, 3.63) is 16.1 Å². The van der Waals surface area contributed by atoms with Gasteiger partial charge in [0.1, 0.15) is 0 Å². The highest BCUT2D eigenvalue weighted by Crippen LogP contribution is 2.28. The van der Waals surface area contributed by atoms with Crippen molar-refractivity contribution in [2.24, 2.45) is 10.9 Å². The van der Waals surface area contributed by atoms with Crippen LogP contribution in [0.2, 0.25) is 0 Å². The summed E-state index contributed by atoms with van der Waals surface area (Å²) in [6.45, 7) is 11.5. The van der Waals surface area contributed by atoms with Crippen LogP contribution >= 0.6 is 11.3 Å². The van der Waals surface area contributed by atoms with E-state index in [0.29, 0.717) is 0 Å². The van der Waals surface area contributed by atoms with Gasteiger partial charge < -0.3 is 10.6 Å². The molecule has 0 amide bonds. The van der Waals surface area contributed by atoms with Crippen LogP contribution in [0.5, 0.6) is 0 Å². The minimum absolute atomic E-state index is 0.142. The highest BCUT2D eigenvalue weighted by molar-refractivity contribution is 7.09. The highest BCUT2D eigenvalue weighted by Gasteiger charge is 2.20. The fourth-order valence-electron chi connectivity index (χ4n) is 1.92. The SMILES string of the molecule is CCNC(=NCC1CC1)NCCc1nc(C(C)(C)C)cs1. The Kier molecular flexibility index (Phi) is 5.62. The van der Waals surface area contributed by atoms with Gasteiger partial charge in [-0.15, -0.1) is 11.3 Å². The lowest BCUT2D eigenvalue weighted by molar-refractivity contribution is 0.570. The van der Waals surface area contributed by atoms with Gasteiger partial charge in [-0.25, -0.2) is 4.98 Å². The first-order valence-electron chi connectivity index (χ1n) is 7.96. The molecule has 1 saturated carbocycles. The van der Waals surface area contributed by atoms with E-state index in [9.17, 15) is 0 Å². The lowest BCUT2D eigenvalue weighted by Gasteiger charge is -2.14. The third-order valence-corrected chi connectivity index (χ3v) is 4.41. The first-order chi connectivity index (χ1) is 9.99. The number of hydrogen-bond donors (Lipinski definition) is 2. The highest BCUT2D eigenvalue weighted by atomic mass is 32.1. The summed E-state index contributed by atoms with van der Waals surface area (Å²) in [5.41, 5.74) is 1.33. The van der Waals surface area contributed by atoms with E-state index in [2.05, 4.69) is 48.7 Å². The Balaban J connectivity index is 1.78. The van der Waals surface area contributed by atoms with E-state index in [0.717, 1.165) is 37.9 Å². The lowest BCUT2D eigenvalue weighted by atomic mass is 9.93. The van der Waals surface area contributed by atoms with Crippen LogP contribution < -0.4 is 10.6 Å². The van der Waals surface area contributed by atoms with E-state index < -0.39 is 0 Å². The van der Waals surface area contributed by atoms with E-state index in [-0.39, 0.29) is 5.41 Å². The van der Waals surface area contributed by atoms with Crippen LogP contribution in [-0.4, -0.2) is 30.6 Å². The van der Waals surface area contributed by atoms with E-state index >= 15 is 0 Å². The largest absolute Gasteiger partial charge is 0.357 e. The molecular formula is C16H28N4S. The summed E-state index contributed by atoms with van der Waals surface area (Å²) in [5.74, 6) is 1.77. The van der Waals surface area contributed by atoms with Gasteiger partial charge in [0.15, 0.2) is 5.96 Å². The molecule has 0 spiro atoms. The van der Waals surface area contributed by atoms with Crippen LogP contribution in [0.4, 0.5) is 0 Å². The minimum atomic E-state index is 0.142. The Hall–Kier alpha value is -1.10. The Bertz CT molecular complexity index is 469. The third-order valence-electron chi connectivity index (χ3n) is 3.50. The molecule has 1 aromatic rings. The zero-order valence-corrected chi connectivity index (χ0v) is 14.5. The monoisotopic (exact) mass is 308 g/mol. The molecule has 1 aliphatic rings. The van der Waals surface area contributed by atoms with Gasteiger partial charge in [-0.1, -0.05) is 20.8 Å². The molecule has 0 unspecified atom stereocenters. The maximum absolute atomic E-state index is 4.73. The summed E-state index contributed by atoms with van der Waals surface area (Å²) in [7, 11) is 0. The molecule has 0 radical (unpaired) electrons. The average molecular weight is 308 g/mol. The third kappa shape index (κ3) is 5.65. The summed E-state index contributed by atoms with van der Waals surface area (Å²) in [4.78, 5) is 9.36. The maximum atomic E-state index is 4.73. The van der Waals surface area contributed by atoms with Crippen molar-refractivity contribution in [3.8, 4) is 0 Å². The van der Waals surface area contributed by atoms with Crippen molar-refractivity contribution in [1.82, 2.24) is 15.6 Å². The van der Waals surface area contributed by atoms with E-state index in [1.54, 1.807) is 11.3 Å². The molecule has 5 heteroatoms. The van der Waals surface area contributed by atoms with Gasteiger partial charge in [0.2, 0.25) is 0 Å². The normalized spacial score (nSPS) is 16.1. The summed E-state index contributed by atoms with van der Waals surface area (Å²) in [5, 5.41) is 10.1. The number of nitrogens with zero attached hydrogens (tertiary/aromatic N) is 2. The summed E-state index contributed by atoms with van der Waals surface area (Å²) >= 11 is 1.76. The molecular weight excluding hydrogens is 280 g/mol. The van der Waals surface area contributed by atoms with Gasteiger partial charge in [0, 0.05) is 36.9 Å². The zero-order chi connectivity index (χ0) is 15.3. The molecule has 1 heterocycles. The van der Waals surface area contributed by atoms with Crippen molar-refractivity contribution in [3.63, 3.8) is 0 Å². The smallest absolute Gasteiger partial charge is 0.191 e. The number of aliphatic imine (C=N–C) groups is 1. The quantitative estimate of drug-likeness (QED) is 0.627. The molecule has 2 N–H and O–H groups in total. The standard InChI is InChI=1S/C16H28N4S/c1-5-17-15(19-10-12-6-7-12)18-9-8-14-20-13(11-21-14)16(2,3)4/h11-12H,5-10H2,1-4H3,(H2,17,18,19). The second-order valence-corrected chi connectivity index (χ2v) is 7.66. The van der Waals surface area contributed by atoms with Crippen molar-refractivity contribution >= 4 is 17.3 Å². The Morgan fingerprint density at radius 2 is 2.14 bits per heavy atom. The Labute approximate surface area is 132 Å². The van der Waals surface area contributed by atoms with Crippen LogP contribution in [0.25, 0.3) is 0 Å². The Morgan fingerprint density at radius 3 is 2.71 bits per heavy atom. The molecule has 0 bridgehead atoms. The van der Waals surface area contributed by atoms with Crippen molar-refractivity contribution < 1.29 is 0 Å². The first-order valence-corrected chi connectivity index (χ1v) is 8.84. The number of rotatable bonds is 6. The number of aromatic nitrogens is 1. The number of thiazole rings is 1. The number of nitrogens with one attached hydrogen (secondary N) is 2. The van der Waals surface area contributed by atoms with Crippen molar-refractivity contribution in [1.29, 1.82) is 0 Å². The fraction of sp³-hybridized carbons (Fsp3) is 0.750. The summed E-state index contributed by atoms with van der Waals surface area (Å²) < 4.78 is 0. The van der Waals surface area contributed by atoms with Crippen LogP contribution in [0.15, 0.2) is 10.4 Å². The predicted octanol–water partition coefficient (Wildman–Crippen LogP) is 2.95. The molecule has 2 rings (SSSR count). The van der Waals surface area contributed by atoms with Gasteiger partial charge in [-0.3, -0.25) is 4.99 Å². The molecule has 4 nitrogen and oxygen atoms in total. The van der Waals surface area contributed by atoms with Gasteiger partial charge in [0.05, 0.1) is 10.7 Å².